The molecule has 2 fully saturated rings. The summed E-state index contributed by atoms with van der Waals surface area (Å²) in [5.74, 6) is -3.18. The van der Waals surface area contributed by atoms with Crippen LogP contribution in [0.4, 0.5) is 0 Å². The molecule has 2 saturated heterocycles. The molecular formula is C18H14N4O7S. The number of esters is 1. The second kappa shape index (κ2) is 9.13. The Hall–Kier alpha value is -3.80. The second-order valence-electron chi connectivity index (χ2n) is 5.82. The van der Waals surface area contributed by atoms with Crippen LogP contribution in [0.2, 0.25) is 0 Å². The van der Waals surface area contributed by atoms with Crippen LogP contribution < -0.4 is 5.32 Å². The Morgan fingerprint density at radius 3 is 2.63 bits per heavy atom. The van der Waals surface area contributed by atoms with Gasteiger partial charge < -0.3 is 9.57 Å². The predicted molar refractivity (Wildman–Crippen MR) is 104 cm³/mol. The highest BCUT2D eigenvalue weighted by molar-refractivity contribution is 8.18. The zero-order valence-electron chi connectivity index (χ0n) is 15.5. The Labute approximate surface area is 173 Å². The maximum absolute atomic E-state index is 12.2. The molecule has 30 heavy (non-hydrogen) atoms. The average molecular weight is 430 g/mol. The van der Waals surface area contributed by atoms with Crippen molar-refractivity contribution in [2.45, 2.75) is 12.8 Å². The Kier molecular flexibility index (Phi) is 6.37. The lowest BCUT2D eigenvalue weighted by Crippen LogP contribution is -2.32. The van der Waals surface area contributed by atoms with Crippen LogP contribution in [0, 0.1) is 0 Å². The molecule has 1 aromatic rings. The number of ether oxygens (including phenoxy) is 1. The molecule has 3 rings (SSSR count). The number of thioether (sulfide) groups is 1. The highest BCUT2D eigenvalue weighted by atomic mass is 32.2. The number of nitrogens with one attached hydrogen (secondary N) is 1. The van der Waals surface area contributed by atoms with E-state index in [1.807, 2.05) is 0 Å². The zero-order valence-corrected chi connectivity index (χ0v) is 16.3. The van der Waals surface area contributed by atoms with E-state index in [4.69, 9.17) is 4.84 Å². The Morgan fingerprint density at radius 1 is 1.20 bits per heavy atom. The van der Waals surface area contributed by atoms with Crippen molar-refractivity contribution in [3.8, 4) is 0 Å². The van der Waals surface area contributed by atoms with Gasteiger partial charge in [0.2, 0.25) is 0 Å². The summed E-state index contributed by atoms with van der Waals surface area (Å²) in [6, 6.07) is 6.07. The molecule has 0 unspecified atom stereocenters. The summed E-state index contributed by atoms with van der Waals surface area (Å²) in [7, 11) is 1.20. The molecule has 2 aliphatic heterocycles. The van der Waals surface area contributed by atoms with Crippen molar-refractivity contribution in [2.24, 2.45) is 10.2 Å². The number of carbonyl (C=O) groups is 5. The van der Waals surface area contributed by atoms with Gasteiger partial charge in [0.15, 0.2) is 5.17 Å². The van der Waals surface area contributed by atoms with Crippen LogP contribution in [0.25, 0.3) is 0 Å². The second-order valence-corrected chi connectivity index (χ2v) is 6.85. The normalized spacial score (nSPS) is 19.1. The first-order chi connectivity index (χ1) is 14.4. The van der Waals surface area contributed by atoms with E-state index in [9.17, 15) is 24.0 Å². The number of nitrogens with zero attached hydrogens (tertiary/aromatic N) is 3. The van der Waals surface area contributed by atoms with E-state index in [0.29, 0.717) is 10.6 Å². The van der Waals surface area contributed by atoms with E-state index in [-0.39, 0.29) is 28.5 Å². The van der Waals surface area contributed by atoms with Crippen molar-refractivity contribution in [3.63, 3.8) is 0 Å². The summed E-state index contributed by atoms with van der Waals surface area (Å²) < 4.78 is 4.46. The van der Waals surface area contributed by atoms with Gasteiger partial charge in [-0.15, -0.1) is 10.2 Å². The first-order valence-corrected chi connectivity index (χ1v) is 9.27. The minimum absolute atomic E-state index is 0.00420. The third kappa shape index (κ3) is 4.97. The third-order valence-corrected chi connectivity index (χ3v) is 4.66. The minimum Gasteiger partial charge on any atom is -0.466 e. The van der Waals surface area contributed by atoms with E-state index in [0.717, 1.165) is 17.8 Å². The number of hydrogen-bond acceptors (Lipinski definition) is 10. The molecule has 0 radical (unpaired) electrons. The van der Waals surface area contributed by atoms with Gasteiger partial charge in [0, 0.05) is 18.9 Å². The lowest BCUT2D eigenvalue weighted by molar-refractivity contribution is -0.172. The van der Waals surface area contributed by atoms with Crippen molar-refractivity contribution in [1.82, 2.24) is 10.4 Å². The molecule has 2 heterocycles. The van der Waals surface area contributed by atoms with Gasteiger partial charge in [0.1, 0.15) is 0 Å². The number of hydroxylamine groups is 2. The van der Waals surface area contributed by atoms with Gasteiger partial charge in [-0.2, -0.15) is 5.10 Å². The topological polar surface area (TPSA) is 144 Å². The third-order valence-electron chi connectivity index (χ3n) is 3.76. The maximum Gasteiger partial charge on any atom is 0.363 e. The van der Waals surface area contributed by atoms with E-state index in [1.165, 1.54) is 25.5 Å². The molecule has 0 saturated carbocycles. The lowest BCUT2D eigenvalue weighted by Gasteiger charge is -2.12. The van der Waals surface area contributed by atoms with Crippen LogP contribution in [0.15, 0.2) is 45.4 Å². The first-order valence-electron chi connectivity index (χ1n) is 8.45. The van der Waals surface area contributed by atoms with Crippen LogP contribution in [-0.4, -0.2) is 53.2 Å². The molecule has 3 amide bonds. The fourth-order valence-electron chi connectivity index (χ4n) is 2.33. The summed E-state index contributed by atoms with van der Waals surface area (Å²) in [6.07, 6.45) is 2.37. The van der Waals surface area contributed by atoms with Gasteiger partial charge >= 0.3 is 11.9 Å². The number of amidine groups is 1. The van der Waals surface area contributed by atoms with Crippen LogP contribution in [0.5, 0.6) is 0 Å². The van der Waals surface area contributed by atoms with Crippen LogP contribution >= 0.6 is 11.8 Å². The number of hydrogen-bond donors (Lipinski definition) is 1. The standard InChI is InChI=1S/C18H14N4O7S/c1-28-15(25)8-12-16(26)20-18(30-12)21-19-9-10-3-2-4-11(7-10)17(27)29-22-13(23)5-6-14(22)24/h2-4,7-9H,5-6H2,1H3,(H,20,21,26)/b12-8+,19-9?. The van der Waals surface area contributed by atoms with Crippen molar-refractivity contribution < 1.29 is 33.5 Å². The minimum atomic E-state index is -0.864. The molecule has 0 spiro atoms. The predicted octanol–water partition coefficient (Wildman–Crippen LogP) is 0.517. The van der Waals surface area contributed by atoms with Crippen LogP contribution in [0.3, 0.4) is 0 Å². The van der Waals surface area contributed by atoms with Gasteiger partial charge in [-0.1, -0.05) is 12.1 Å². The van der Waals surface area contributed by atoms with E-state index in [1.54, 1.807) is 12.1 Å². The Balaban J connectivity index is 1.65. The van der Waals surface area contributed by atoms with E-state index >= 15 is 0 Å². The maximum atomic E-state index is 12.2. The molecule has 154 valence electrons. The van der Waals surface area contributed by atoms with Crippen molar-refractivity contribution in [2.75, 3.05) is 7.11 Å². The molecule has 1 aromatic carbocycles. The molecule has 0 aromatic heterocycles. The Bertz CT molecular complexity index is 1020. The summed E-state index contributed by atoms with van der Waals surface area (Å²) in [4.78, 5) is 63.2. The molecule has 0 bridgehead atoms. The fourth-order valence-corrected chi connectivity index (χ4v) is 3.07. The molecule has 0 aliphatic carbocycles. The monoisotopic (exact) mass is 430 g/mol. The molecule has 1 N–H and O–H groups in total. The van der Waals surface area contributed by atoms with Gasteiger partial charge in [0.25, 0.3) is 17.7 Å². The van der Waals surface area contributed by atoms with Crippen molar-refractivity contribution >= 4 is 52.8 Å². The number of methoxy groups -OCH3 is 1. The van der Waals surface area contributed by atoms with Crippen molar-refractivity contribution in [3.05, 3.63) is 46.4 Å². The molecule has 12 heteroatoms. The Morgan fingerprint density at radius 2 is 1.93 bits per heavy atom. The van der Waals surface area contributed by atoms with E-state index in [2.05, 4.69) is 20.3 Å². The van der Waals surface area contributed by atoms with Gasteiger partial charge in [0.05, 0.1) is 23.8 Å². The molecule has 2 aliphatic rings. The molecule has 11 nitrogen and oxygen atoms in total. The molecular weight excluding hydrogens is 416 g/mol. The fraction of sp³-hybridized carbons (Fsp3) is 0.167. The van der Waals surface area contributed by atoms with Crippen LogP contribution in [-0.2, 0) is 28.8 Å². The van der Waals surface area contributed by atoms with Crippen LogP contribution in [0.1, 0.15) is 28.8 Å². The lowest BCUT2D eigenvalue weighted by atomic mass is 10.1. The smallest absolute Gasteiger partial charge is 0.363 e. The van der Waals surface area contributed by atoms with Gasteiger partial charge in [-0.3, -0.25) is 19.7 Å². The number of carbonyl (C=O) groups excluding carboxylic acids is 5. The zero-order chi connectivity index (χ0) is 21.7. The van der Waals surface area contributed by atoms with Gasteiger partial charge in [-0.25, -0.2) is 9.59 Å². The average Bonchev–Trinajstić information content (AvgIpc) is 3.24. The first kappa shape index (κ1) is 20.9. The largest absolute Gasteiger partial charge is 0.466 e. The summed E-state index contributed by atoms with van der Waals surface area (Å²) in [5.41, 5.74) is 0.582. The quantitative estimate of drug-likeness (QED) is 0.234. The van der Waals surface area contributed by atoms with E-state index < -0.39 is 29.7 Å². The highest BCUT2D eigenvalue weighted by Crippen LogP contribution is 2.23. The van der Waals surface area contributed by atoms with Crippen molar-refractivity contribution in [1.29, 1.82) is 0 Å². The summed E-state index contributed by atoms with van der Waals surface area (Å²) in [6.45, 7) is 0. The number of benzene rings is 1. The molecule has 0 atom stereocenters. The number of imide groups is 1. The summed E-state index contributed by atoms with van der Waals surface area (Å²) >= 11 is 0.916. The summed E-state index contributed by atoms with van der Waals surface area (Å²) in [5, 5.41) is 10.7. The number of rotatable bonds is 5. The SMILES string of the molecule is COC(=O)/C=C1/S/C(=N\N=Cc2cccc(C(=O)ON3C(=O)CCC3=O)c2)NC1=O. The highest BCUT2D eigenvalue weighted by Gasteiger charge is 2.33. The van der Waals surface area contributed by atoms with Gasteiger partial charge in [-0.05, 0) is 29.5 Å². The number of amides is 3.